The van der Waals surface area contributed by atoms with Crippen LogP contribution in [0.4, 0.5) is 0 Å². The van der Waals surface area contributed by atoms with Gasteiger partial charge >= 0.3 is 5.97 Å². The molecule has 1 heterocycles. The molecular formula is C12H12ClNO4S. The van der Waals surface area contributed by atoms with Gasteiger partial charge in [0.1, 0.15) is 16.1 Å². The Morgan fingerprint density at radius 2 is 2.11 bits per heavy atom. The lowest BCUT2D eigenvalue weighted by molar-refractivity contribution is 0.0586. The van der Waals surface area contributed by atoms with Gasteiger partial charge in [-0.1, -0.05) is 0 Å². The third-order valence-electron chi connectivity index (χ3n) is 2.90. The van der Waals surface area contributed by atoms with Gasteiger partial charge in [0.15, 0.2) is 16.4 Å². The normalized spacial score (nSPS) is 12.5. The van der Waals surface area contributed by atoms with Crippen LogP contribution in [0.2, 0.25) is 0 Å². The molecule has 1 aromatic carbocycles. The molecule has 1 atom stereocenters. The molecule has 0 N–H and O–H groups in total. The van der Waals surface area contributed by atoms with Gasteiger partial charge in [-0.15, -0.1) is 0 Å². The molecule has 2 aromatic rings. The Bertz CT molecular complexity index is 638. The second-order valence-corrected chi connectivity index (χ2v) is 5.53. The first-order valence-electron chi connectivity index (χ1n) is 5.34. The third kappa shape index (κ3) is 2.27. The number of hydrogen-bond acceptors (Lipinski definition) is 4. The van der Waals surface area contributed by atoms with E-state index in [9.17, 15) is 9.35 Å². The van der Waals surface area contributed by atoms with Crippen LogP contribution in [0.25, 0.3) is 10.9 Å². The van der Waals surface area contributed by atoms with Crippen molar-refractivity contribution >= 4 is 37.9 Å². The molecule has 0 spiro atoms. The quantitative estimate of drug-likeness (QED) is 0.644. The molecule has 0 radical (unpaired) electrons. The predicted octanol–water partition coefficient (Wildman–Crippen LogP) is 2.23. The van der Waals surface area contributed by atoms with E-state index in [1.54, 1.807) is 29.8 Å². The Kier molecular flexibility index (Phi) is 3.93. The molecule has 1 aromatic heterocycles. The van der Waals surface area contributed by atoms with Crippen LogP contribution in [0.5, 0.6) is 5.75 Å². The lowest BCUT2D eigenvalue weighted by Crippen LogP contribution is -2.11. The SMILES string of the molecule is COC(=O)c1c([S+]([O-])Cl)c2cc(OC)ccc2n1C. The number of halogens is 1. The summed E-state index contributed by atoms with van der Waals surface area (Å²) in [6.07, 6.45) is 0. The molecule has 102 valence electrons. The van der Waals surface area contributed by atoms with E-state index in [1.165, 1.54) is 14.2 Å². The summed E-state index contributed by atoms with van der Waals surface area (Å²) < 4.78 is 23.2. The molecule has 7 heteroatoms. The van der Waals surface area contributed by atoms with Gasteiger partial charge in [-0.2, -0.15) is 0 Å². The molecule has 5 nitrogen and oxygen atoms in total. The Morgan fingerprint density at radius 3 is 2.63 bits per heavy atom. The predicted molar refractivity (Wildman–Crippen MR) is 73.1 cm³/mol. The Balaban J connectivity index is 2.84. The first-order valence-corrected chi connectivity index (χ1v) is 7.31. The van der Waals surface area contributed by atoms with Crippen molar-refractivity contribution in [3.05, 3.63) is 23.9 Å². The van der Waals surface area contributed by atoms with Crippen molar-refractivity contribution < 1.29 is 18.8 Å². The Hall–Kier alpha value is -1.37. The van der Waals surface area contributed by atoms with Crippen LogP contribution < -0.4 is 4.74 Å². The zero-order valence-electron chi connectivity index (χ0n) is 10.6. The zero-order valence-corrected chi connectivity index (χ0v) is 12.2. The van der Waals surface area contributed by atoms with Crippen LogP contribution in [0.15, 0.2) is 23.1 Å². The highest BCUT2D eigenvalue weighted by Gasteiger charge is 2.30. The summed E-state index contributed by atoms with van der Waals surface area (Å²) in [5.41, 5.74) is 0.907. The van der Waals surface area contributed by atoms with Gasteiger partial charge in [-0.05, 0) is 18.2 Å². The number of benzene rings is 1. The minimum absolute atomic E-state index is 0.180. The number of ether oxygens (including phenoxy) is 2. The van der Waals surface area contributed by atoms with Crippen molar-refractivity contribution in [3.63, 3.8) is 0 Å². The van der Waals surface area contributed by atoms with Gasteiger partial charge in [0.25, 0.3) is 0 Å². The summed E-state index contributed by atoms with van der Waals surface area (Å²) in [5.74, 6) is 0.0135. The number of aryl methyl sites for hydroxylation is 1. The number of esters is 1. The van der Waals surface area contributed by atoms with Crippen molar-refractivity contribution in [3.8, 4) is 5.75 Å². The first-order chi connectivity index (χ1) is 9.01. The van der Waals surface area contributed by atoms with Crippen molar-refractivity contribution in [2.24, 2.45) is 7.05 Å². The highest BCUT2D eigenvalue weighted by atomic mass is 35.7. The van der Waals surface area contributed by atoms with E-state index >= 15 is 0 Å². The number of carbonyl (C=O) groups is 1. The van der Waals surface area contributed by atoms with Gasteiger partial charge in [0.2, 0.25) is 4.90 Å². The highest BCUT2D eigenvalue weighted by molar-refractivity contribution is 8.14. The van der Waals surface area contributed by atoms with Gasteiger partial charge in [0.05, 0.1) is 25.1 Å². The van der Waals surface area contributed by atoms with Crippen molar-refractivity contribution in [2.45, 2.75) is 4.90 Å². The molecule has 0 aliphatic carbocycles. The molecule has 0 fully saturated rings. The van der Waals surface area contributed by atoms with Crippen LogP contribution in [0.1, 0.15) is 10.5 Å². The van der Waals surface area contributed by atoms with Crippen molar-refractivity contribution in [2.75, 3.05) is 14.2 Å². The van der Waals surface area contributed by atoms with Crippen molar-refractivity contribution in [1.82, 2.24) is 4.57 Å². The van der Waals surface area contributed by atoms with E-state index in [4.69, 9.17) is 20.2 Å². The molecule has 19 heavy (non-hydrogen) atoms. The minimum atomic E-state index is -1.83. The van der Waals surface area contributed by atoms with Crippen LogP contribution in [0.3, 0.4) is 0 Å². The molecule has 0 amide bonds. The largest absolute Gasteiger partial charge is 0.594 e. The molecule has 0 saturated carbocycles. The Morgan fingerprint density at radius 1 is 1.42 bits per heavy atom. The standard InChI is InChI=1S/C12H12ClNO4S/c1-14-9-5-4-7(17-2)6-8(9)11(19(13)16)10(14)12(15)18-3/h4-6H,1-3H3. The lowest BCUT2D eigenvalue weighted by Gasteiger charge is -2.03. The third-order valence-corrected chi connectivity index (χ3v) is 4.10. The second kappa shape index (κ2) is 5.32. The van der Waals surface area contributed by atoms with Crippen LogP contribution >= 0.6 is 10.7 Å². The smallest absolute Gasteiger partial charge is 0.360 e. The topological polar surface area (TPSA) is 63.5 Å². The molecular weight excluding hydrogens is 290 g/mol. The van der Waals surface area contributed by atoms with Crippen LogP contribution in [-0.2, 0) is 22.2 Å². The first kappa shape index (κ1) is 14.0. The van der Waals surface area contributed by atoms with Crippen LogP contribution in [0, 0.1) is 0 Å². The lowest BCUT2D eigenvalue weighted by atomic mass is 10.2. The fourth-order valence-corrected chi connectivity index (χ4v) is 3.18. The van der Waals surface area contributed by atoms with Gasteiger partial charge < -0.3 is 18.6 Å². The Labute approximate surface area is 117 Å². The summed E-state index contributed by atoms with van der Waals surface area (Å²) in [4.78, 5) is 12.1. The maximum absolute atomic E-state index is 11.8. The number of aromatic nitrogens is 1. The van der Waals surface area contributed by atoms with Gasteiger partial charge in [-0.25, -0.2) is 4.79 Å². The minimum Gasteiger partial charge on any atom is -0.594 e. The average Bonchev–Trinajstić information content (AvgIpc) is 2.70. The number of rotatable bonds is 3. The fourth-order valence-electron chi connectivity index (χ4n) is 2.01. The molecule has 0 aliphatic heterocycles. The summed E-state index contributed by atoms with van der Waals surface area (Å²) in [6, 6.07) is 5.22. The fraction of sp³-hybridized carbons (Fsp3) is 0.250. The summed E-state index contributed by atoms with van der Waals surface area (Å²) in [5, 5.41) is 0.607. The summed E-state index contributed by atoms with van der Waals surface area (Å²) in [7, 11) is 8.36. The van der Waals surface area contributed by atoms with E-state index < -0.39 is 16.4 Å². The van der Waals surface area contributed by atoms with Gasteiger partial charge in [-0.3, -0.25) is 0 Å². The number of fused-ring (bicyclic) bond motifs is 1. The number of nitrogens with zero attached hydrogens (tertiary/aromatic N) is 1. The number of methoxy groups -OCH3 is 2. The molecule has 0 saturated heterocycles. The zero-order chi connectivity index (χ0) is 14.2. The van der Waals surface area contributed by atoms with Crippen molar-refractivity contribution in [1.29, 1.82) is 0 Å². The molecule has 0 bridgehead atoms. The van der Waals surface area contributed by atoms with E-state index in [1.807, 2.05) is 0 Å². The van der Waals surface area contributed by atoms with E-state index in [-0.39, 0.29) is 10.6 Å². The average molecular weight is 302 g/mol. The molecule has 1 unspecified atom stereocenters. The van der Waals surface area contributed by atoms with E-state index in [0.29, 0.717) is 11.1 Å². The van der Waals surface area contributed by atoms with E-state index in [0.717, 1.165) is 5.52 Å². The maximum atomic E-state index is 11.8. The monoisotopic (exact) mass is 301 g/mol. The molecule has 2 rings (SSSR count). The summed E-state index contributed by atoms with van der Waals surface area (Å²) >= 11 is 0. The molecule has 0 aliphatic rings. The number of carbonyl (C=O) groups excluding carboxylic acids is 1. The van der Waals surface area contributed by atoms with Crippen LogP contribution in [-0.4, -0.2) is 29.3 Å². The number of hydrogen-bond donors (Lipinski definition) is 0. The van der Waals surface area contributed by atoms with E-state index in [2.05, 4.69) is 0 Å². The van der Waals surface area contributed by atoms with Gasteiger partial charge in [0, 0.05) is 7.05 Å². The second-order valence-electron chi connectivity index (χ2n) is 3.83. The highest BCUT2D eigenvalue weighted by Crippen LogP contribution is 2.34. The maximum Gasteiger partial charge on any atom is 0.360 e. The summed E-state index contributed by atoms with van der Waals surface area (Å²) in [6.45, 7) is 0.